The Bertz CT molecular complexity index is 695. The number of allylic oxidation sites excluding steroid dienone is 4. The minimum Gasteiger partial charge on any atom is -0.465 e. The van der Waals surface area contributed by atoms with Crippen molar-refractivity contribution in [1.82, 2.24) is 14.3 Å². The van der Waals surface area contributed by atoms with E-state index < -0.39 is 5.97 Å². The quantitative estimate of drug-likeness (QED) is 0.570. The van der Waals surface area contributed by atoms with Crippen molar-refractivity contribution in [2.45, 2.75) is 32.4 Å². The van der Waals surface area contributed by atoms with Crippen LogP contribution in [-0.2, 0) is 16.1 Å². The molecule has 0 atom stereocenters. The van der Waals surface area contributed by atoms with Crippen LogP contribution < -0.4 is 5.69 Å². The lowest BCUT2D eigenvalue weighted by atomic mass is 10.2. The highest BCUT2D eigenvalue weighted by Gasteiger charge is 2.31. The molecule has 7 heteroatoms. The van der Waals surface area contributed by atoms with Gasteiger partial charge in [0.05, 0.1) is 11.6 Å². The monoisotopic (exact) mass is 323 g/mol. The lowest BCUT2D eigenvalue weighted by molar-refractivity contribution is -0.144. The van der Waals surface area contributed by atoms with Crippen LogP contribution in [-0.4, -0.2) is 26.9 Å². The third-order valence-electron chi connectivity index (χ3n) is 3.19. The van der Waals surface area contributed by atoms with Gasteiger partial charge < -0.3 is 4.74 Å². The molecule has 1 heterocycles. The highest BCUT2D eigenvalue weighted by molar-refractivity contribution is 6.36. The van der Waals surface area contributed by atoms with E-state index in [1.165, 1.54) is 6.08 Å². The van der Waals surface area contributed by atoms with E-state index in [1.54, 1.807) is 17.6 Å². The fourth-order valence-corrected chi connectivity index (χ4v) is 2.20. The molecular weight excluding hydrogens is 306 g/mol. The Balaban J connectivity index is 2.39. The number of hydrogen-bond donors (Lipinski definition) is 0. The zero-order chi connectivity index (χ0) is 16.3. The Hall–Kier alpha value is -2.08. The highest BCUT2D eigenvalue weighted by atomic mass is 35.5. The van der Waals surface area contributed by atoms with Crippen molar-refractivity contribution in [2.24, 2.45) is 0 Å². The molecule has 1 saturated carbocycles. The molecular formula is C15H18ClN3O3. The average Bonchev–Trinajstić information content (AvgIpc) is 3.25. The Kier molecular flexibility index (Phi) is 5.03. The topological polar surface area (TPSA) is 66.1 Å². The van der Waals surface area contributed by atoms with E-state index in [-0.39, 0.29) is 24.9 Å². The van der Waals surface area contributed by atoms with E-state index in [2.05, 4.69) is 18.3 Å². The minimum absolute atomic E-state index is 0.0865. The standard InChI is InChI=1S/C15H18ClN3O3/c1-4-6-12(16)10(3)14-17-18(9-13(20)22-5-2)15(21)19(14)11-7-8-11/h4,6,11H,1,3,5,7-9H2,2H3/b12-6+. The summed E-state index contributed by atoms with van der Waals surface area (Å²) in [6.45, 7) is 9.19. The van der Waals surface area contributed by atoms with Crippen molar-refractivity contribution >= 4 is 23.1 Å². The zero-order valence-corrected chi connectivity index (χ0v) is 13.2. The first-order valence-corrected chi connectivity index (χ1v) is 7.40. The predicted molar refractivity (Wildman–Crippen MR) is 84.6 cm³/mol. The van der Waals surface area contributed by atoms with E-state index in [1.807, 2.05) is 0 Å². The molecule has 0 N–H and O–H groups in total. The minimum atomic E-state index is -0.505. The number of halogens is 1. The Morgan fingerprint density at radius 3 is 2.77 bits per heavy atom. The first-order chi connectivity index (χ1) is 10.5. The van der Waals surface area contributed by atoms with E-state index in [4.69, 9.17) is 16.3 Å². The molecule has 2 rings (SSSR count). The van der Waals surface area contributed by atoms with Crippen molar-refractivity contribution < 1.29 is 9.53 Å². The number of nitrogens with zero attached hydrogens (tertiary/aromatic N) is 3. The molecule has 1 aliphatic rings. The lowest BCUT2D eigenvalue weighted by Crippen LogP contribution is -2.28. The van der Waals surface area contributed by atoms with E-state index >= 15 is 0 Å². The molecule has 1 aliphatic carbocycles. The molecule has 22 heavy (non-hydrogen) atoms. The molecule has 1 aromatic rings. The van der Waals surface area contributed by atoms with Gasteiger partial charge in [-0.3, -0.25) is 9.36 Å². The maximum Gasteiger partial charge on any atom is 0.347 e. The second kappa shape index (κ2) is 6.79. The van der Waals surface area contributed by atoms with Gasteiger partial charge in [-0.1, -0.05) is 30.8 Å². The first-order valence-electron chi connectivity index (χ1n) is 7.02. The zero-order valence-electron chi connectivity index (χ0n) is 12.4. The van der Waals surface area contributed by atoms with Crippen LogP contribution in [0.5, 0.6) is 0 Å². The molecule has 1 aromatic heterocycles. The van der Waals surface area contributed by atoms with Crippen molar-refractivity contribution in [3.63, 3.8) is 0 Å². The van der Waals surface area contributed by atoms with Gasteiger partial charge in [0, 0.05) is 11.6 Å². The van der Waals surface area contributed by atoms with Gasteiger partial charge in [0.15, 0.2) is 5.82 Å². The average molecular weight is 324 g/mol. The van der Waals surface area contributed by atoms with Gasteiger partial charge in [0.1, 0.15) is 6.54 Å². The van der Waals surface area contributed by atoms with Crippen molar-refractivity contribution in [1.29, 1.82) is 0 Å². The van der Waals surface area contributed by atoms with Crippen molar-refractivity contribution in [3.8, 4) is 0 Å². The number of carbonyl (C=O) groups is 1. The summed E-state index contributed by atoms with van der Waals surface area (Å²) < 4.78 is 7.49. The molecule has 118 valence electrons. The van der Waals surface area contributed by atoms with Crippen LogP contribution in [0.4, 0.5) is 0 Å². The number of aromatic nitrogens is 3. The normalized spacial score (nSPS) is 14.7. The molecule has 0 radical (unpaired) electrons. The molecule has 0 bridgehead atoms. The summed E-state index contributed by atoms with van der Waals surface area (Å²) in [5.74, 6) is -0.130. The Morgan fingerprint density at radius 2 is 2.23 bits per heavy atom. The second-order valence-corrected chi connectivity index (χ2v) is 5.31. The number of rotatable bonds is 7. The maximum absolute atomic E-state index is 12.4. The van der Waals surface area contributed by atoms with Crippen LogP contribution in [0.1, 0.15) is 31.6 Å². The van der Waals surface area contributed by atoms with Crippen LogP contribution >= 0.6 is 11.6 Å². The van der Waals surface area contributed by atoms with Gasteiger partial charge in [-0.05, 0) is 25.8 Å². The number of hydrogen-bond acceptors (Lipinski definition) is 4. The summed E-state index contributed by atoms with van der Waals surface area (Å²) in [4.78, 5) is 24.0. The highest BCUT2D eigenvalue weighted by Crippen LogP contribution is 2.36. The van der Waals surface area contributed by atoms with E-state index in [0.717, 1.165) is 17.5 Å². The number of ether oxygens (including phenoxy) is 1. The number of esters is 1. The van der Waals surface area contributed by atoms with Crippen LogP contribution in [0.25, 0.3) is 5.57 Å². The molecule has 1 fully saturated rings. The Morgan fingerprint density at radius 1 is 1.55 bits per heavy atom. The van der Waals surface area contributed by atoms with Crippen LogP contribution in [0.2, 0.25) is 0 Å². The summed E-state index contributed by atoms with van der Waals surface area (Å²) in [5, 5.41) is 4.56. The van der Waals surface area contributed by atoms with Gasteiger partial charge in [0.25, 0.3) is 0 Å². The summed E-state index contributed by atoms with van der Waals surface area (Å²) >= 11 is 6.11. The molecule has 0 aromatic carbocycles. The van der Waals surface area contributed by atoms with Crippen molar-refractivity contribution in [3.05, 3.63) is 46.7 Å². The molecule has 6 nitrogen and oxygen atoms in total. The molecule has 0 unspecified atom stereocenters. The predicted octanol–water partition coefficient (Wildman–Crippen LogP) is 2.26. The van der Waals surface area contributed by atoms with Gasteiger partial charge in [-0.25, -0.2) is 9.48 Å². The van der Waals surface area contributed by atoms with Crippen LogP contribution in [0.3, 0.4) is 0 Å². The Labute approximate surface area is 133 Å². The summed E-state index contributed by atoms with van der Waals surface area (Å²) in [6.07, 6.45) is 4.90. The van der Waals surface area contributed by atoms with Gasteiger partial charge in [0.2, 0.25) is 0 Å². The first kappa shape index (κ1) is 16.3. The molecule has 0 aliphatic heterocycles. The third-order valence-corrected chi connectivity index (χ3v) is 3.54. The lowest BCUT2D eigenvalue weighted by Gasteiger charge is -2.05. The fourth-order valence-electron chi connectivity index (χ4n) is 2.03. The maximum atomic E-state index is 12.4. The summed E-state index contributed by atoms with van der Waals surface area (Å²) in [5.41, 5.74) is 0.0722. The molecule has 0 saturated heterocycles. The third kappa shape index (κ3) is 3.39. The second-order valence-electron chi connectivity index (χ2n) is 4.90. The van der Waals surface area contributed by atoms with Gasteiger partial charge in [-0.2, -0.15) is 0 Å². The largest absolute Gasteiger partial charge is 0.465 e. The van der Waals surface area contributed by atoms with Crippen LogP contribution in [0, 0.1) is 0 Å². The van der Waals surface area contributed by atoms with E-state index in [9.17, 15) is 9.59 Å². The van der Waals surface area contributed by atoms with E-state index in [0.29, 0.717) is 16.4 Å². The summed E-state index contributed by atoms with van der Waals surface area (Å²) in [7, 11) is 0. The van der Waals surface area contributed by atoms with Gasteiger partial charge in [-0.15, -0.1) is 5.10 Å². The van der Waals surface area contributed by atoms with Crippen LogP contribution in [0.15, 0.2) is 35.1 Å². The van der Waals surface area contributed by atoms with Crippen molar-refractivity contribution in [2.75, 3.05) is 6.61 Å². The fraction of sp³-hybridized carbons (Fsp3) is 0.400. The molecule has 0 amide bonds. The summed E-state index contributed by atoms with van der Waals surface area (Å²) in [6, 6.07) is 0.0865. The van der Waals surface area contributed by atoms with Gasteiger partial charge >= 0.3 is 11.7 Å². The SMILES string of the molecule is C=C/C=C(/Cl)C(=C)c1nn(CC(=O)OCC)c(=O)n1C1CC1. The smallest absolute Gasteiger partial charge is 0.347 e. The molecule has 0 spiro atoms. The number of carbonyl (C=O) groups excluding carboxylic acids is 1.